The molecule has 8 rings (SSSR count). The highest BCUT2D eigenvalue weighted by Crippen LogP contribution is 2.56. The van der Waals surface area contributed by atoms with E-state index in [1.807, 2.05) is 60.7 Å². The zero-order chi connectivity index (χ0) is 40.8. The Kier molecular flexibility index (Phi) is 12.3. The Morgan fingerprint density at radius 3 is 1.88 bits per heavy atom. The van der Waals surface area contributed by atoms with Crippen LogP contribution in [-0.4, -0.2) is 52.5 Å². The molecule has 5 aliphatic carbocycles. The fraction of sp³-hybridized carbons (Fsp3) is 0.208. The van der Waals surface area contributed by atoms with Crippen molar-refractivity contribution in [1.82, 2.24) is 4.90 Å². The number of carboxylic acid groups (broad SMARTS) is 2. The van der Waals surface area contributed by atoms with Crippen LogP contribution < -0.4 is 4.90 Å². The van der Waals surface area contributed by atoms with Crippen molar-refractivity contribution < 1.29 is 29.4 Å². The molecule has 4 atom stereocenters. The van der Waals surface area contributed by atoms with E-state index in [-0.39, 0.29) is 42.0 Å². The molecule has 2 amide bonds. The first-order valence-electron chi connectivity index (χ1n) is 18.9. The number of carboxylic acids is 2. The van der Waals surface area contributed by atoms with Crippen LogP contribution in [-0.2, 0) is 19.2 Å². The number of carbonyl (C=O) groups is 4. The van der Waals surface area contributed by atoms with Gasteiger partial charge in [-0.2, -0.15) is 0 Å². The van der Waals surface area contributed by atoms with Crippen LogP contribution in [0, 0.1) is 5.92 Å². The maximum Gasteiger partial charge on any atom is 0.336 e. The molecule has 2 saturated carbocycles. The van der Waals surface area contributed by atoms with Gasteiger partial charge in [-0.1, -0.05) is 101 Å². The fourth-order valence-corrected chi connectivity index (χ4v) is 7.67. The smallest absolute Gasteiger partial charge is 0.336 e. The van der Waals surface area contributed by atoms with Gasteiger partial charge in [-0.15, -0.1) is 0 Å². The Labute approximate surface area is 346 Å². The van der Waals surface area contributed by atoms with Gasteiger partial charge in [0, 0.05) is 50.6 Å². The molecule has 290 valence electrons. The van der Waals surface area contributed by atoms with E-state index in [2.05, 4.69) is 53.3 Å². The summed E-state index contributed by atoms with van der Waals surface area (Å²) < 4.78 is 0. The molecule has 2 fully saturated rings. The second-order valence-corrected chi connectivity index (χ2v) is 15.4. The van der Waals surface area contributed by atoms with Crippen LogP contribution >= 0.6 is 23.2 Å². The van der Waals surface area contributed by atoms with E-state index in [4.69, 9.17) is 23.2 Å². The summed E-state index contributed by atoms with van der Waals surface area (Å²) in [6.45, 7) is 0.507. The highest BCUT2D eigenvalue weighted by molar-refractivity contribution is 6.30. The van der Waals surface area contributed by atoms with Crippen LogP contribution in [0.2, 0.25) is 10.0 Å². The number of carbonyl (C=O) groups excluding carboxylic acids is 2. The molecule has 0 aliphatic heterocycles. The summed E-state index contributed by atoms with van der Waals surface area (Å²) in [6, 6.07) is 23.4. The molecule has 58 heavy (non-hydrogen) atoms. The summed E-state index contributed by atoms with van der Waals surface area (Å²) >= 11 is 12.0. The van der Waals surface area contributed by atoms with E-state index in [1.54, 1.807) is 15.9 Å². The summed E-state index contributed by atoms with van der Waals surface area (Å²) in [4.78, 5) is 51.1. The minimum atomic E-state index is -1.03. The van der Waals surface area contributed by atoms with Gasteiger partial charge in [0.1, 0.15) is 0 Å². The molecule has 3 aromatic carbocycles. The number of nitrogens with zero attached hydrogens (tertiary/aromatic N) is 2. The third-order valence-electron chi connectivity index (χ3n) is 10.6. The summed E-state index contributed by atoms with van der Waals surface area (Å²) in [7, 11) is 0. The SMILES string of the molecule is O=C(O)C1=CC(CN(C(=O)C2CC2c2ccc(Cl)cc2)C2=CCCC=C2)=C=C=C1.O=CN(CC1=C=C=CC(C(=O)O)=C1)c1ccccc1C1C[C@H]1c1ccc(Cl)cc1. The molecule has 3 unspecified atom stereocenters. The number of allylic oxidation sites excluding steroid dienone is 3. The van der Waals surface area contributed by atoms with Crippen LogP contribution in [0.3, 0.4) is 0 Å². The van der Waals surface area contributed by atoms with Crippen molar-refractivity contribution in [1.29, 1.82) is 0 Å². The summed E-state index contributed by atoms with van der Waals surface area (Å²) in [5, 5.41) is 19.8. The number of rotatable bonds is 13. The van der Waals surface area contributed by atoms with Crippen LogP contribution in [0.4, 0.5) is 5.69 Å². The first kappa shape index (κ1) is 39.9. The van der Waals surface area contributed by atoms with Gasteiger partial charge < -0.3 is 20.0 Å². The van der Waals surface area contributed by atoms with Gasteiger partial charge in [0.05, 0.1) is 24.2 Å². The van der Waals surface area contributed by atoms with Crippen molar-refractivity contribution in [3.05, 3.63) is 193 Å². The average Bonchev–Trinajstić information content (AvgIpc) is 4.19. The third-order valence-corrected chi connectivity index (χ3v) is 11.1. The number of benzene rings is 3. The van der Waals surface area contributed by atoms with Crippen molar-refractivity contribution in [2.45, 2.75) is 43.4 Å². The number of hydrogen-bond donors (Lipinski definition) is 2. The Bertz CT molecular complexity index is 2500. The predicted molar refractivity (Wildman–Crippen MR) is 224 cm³/mol. The maximum atomic E-state index is 13.4. The van der Waals surface area contributed by atoms with Crippen molar-refractivity contribution in [3.8, 4) is 0 Å². The molecule has 3 aromatic rings. The van der Waals surface area contributed by atoms with Gasteiger partial charge in [0.2, 0.25) is 12.3 Å². The highest BCUT2D eigenvalue weighted by Gasteiger charge is 2.46. The molecule has 0 bridgehead atoms. The quantitative estimate of drug-likeness (QED) is 0.131. The lowest BCUT2D eigenvalue weighted by molar-refractivity contribution is -0.133. The van der Waals surface area contributed by atoms with Gasteiger partial charge in [-0.05, 0) is 109 Å². The molecule has 10 heteroatoms. The summed E-state index contributed by atoms with van der Waals surface area (Å²) in [5.74, 6) is -1.16. The normalized spacial score (nSPS) is 20.6. The second kappa shape index (κ2) is 17.9. The molecule has 8 nitrogen and oxygen atoms in total. The second-order valence-electron chi connectivity index (χ2n) is 14.5. The Balaban J connectivity index is 0.000000177. The zero-order valence-electron chi connectivity index (χ0n) is 31.3. The molecule has 0 heterocycles. The number of para-hydroxylation sites is 1. The lowest BCUT2D eigenvalue weighted by Gasteiger charge is -2.26. The monoisotopic (exact) mass is 808 g/mol. The molecule has 0 aromatic heterocycles. The van der Waals surface area contributed by atoms with Crippen LogP contribution in [0.5, 0.6) is 0 Å². The van der Waals surface area contributed by atoms with E-state index in [0.717, 1.165) is 59.6 Å². The van der Waals surface area contributed by atoms with Gasteiger partial charge in [0.15, 0.2) is 0 Å². The summed E-state index contributed by atoms with van der Waals surface area (Å²) in [5.41, 5.74) is 18.0. The first-order valence-corrected chi connectivity index (χ1v) is 19.7. The van der Waals surface area contributed by atoms with E-state index < -0.39 is 11.9 Å². The van der Waals surface area contributed by atoms with E-state index in [9.17, 15) is 29.4 Å². The standard InChI is InChI=1S/C24H18ClNO3.C24H20ClNO3/c25-19-10-8-17(9-11-19)21-13-22(21)20-6-1-2-7-23(20)26(15-27)14-16-4-3-5-18(12-16)24(28)29;25-19-11-9-17(10-12-19)21-14-22(21)23(27)26(20-7-2-1-3-8-20)15-16-5-4-6-18(13-16)24(28)29/h1-2,5-12,15,21-22H,13-14H2,(H,28,29);2,6-13,21-22H,1,3,14-15H2,(H,28,29)/t21-,22?;/m0./s1. The molecule has 2 N–H and O–H groups in total. The minimum absolute atomic E-state index is 0.0527. The number of anilines is 1. The lowest BCUT2D eigenvalue weighted by Crippen LogP contribution is -2.33. The molecule has 0 saturated heterocycles. The molecule has 5 aliphatic rings. The van der Waals surface area contributed by atoms with Crippen molar-refractivity contribution in [2.75, 3.05) is 18.0 Å². The number of hydrogen-bond acceptors (Lipinski definition) is 4. The van der Waals surface area contributed by atoms with Crippen LogP contribution in [0.1, 0.15) is 60.1 Å². The average molecular weight is 810 g/mol. The Hall–Kier alpha value is -6.32. The molecule has 0 spiro atoms. The number of amides is 2. The van der Waals surface area contributed by atoms with E-state index in [1.165, 1.54) is 23.8 Å². The van der Waals surface area contributed by atoms with Gasteiger partial charge in [-0.25, -0.2) is 9.59 Å². The number of aliphatic carboxylic acids is 2. The zero-order valence-corrected chi connectivity index (χ0v) is 32.8. The molecule has 0 radical (unpaired) electrons. The minimum Gasteiger partial charge on any atom is -0.478 e. The van der Waals surface area contributed by atoms with Crippen molar-refractivity contribution in [2.24, 2.45) is 5.92 Å². The van der Waals surface area contributed by atoms with Gasteiger partial charge in [-0.3, -0.25) is 9.59 Å². The van der Waals surface area contributed by atoms with Gasteiger partial charge >= 0.3 is 11.9 Å². The van der Waals surface area contributed by atoms with Crippen LogP contribution in [0.25, 0.3) is 0 Å². The van der Waals surface area contributed by atoms with E-state index in [0.29, 0.717) is 28.0 Å². The first-order chi connectivity index (χ1) is 28.1. The topological polar surface area (TPSA) is 115 Å². The van der Waals surface area contributed by atoms with E-state index >= 15 is 0 Å². The predicted octanol–water partition coefficient (Wildman–Crippen LogP) is 9.60. The maximum absolute atomic E-state index is 13.4. The Morgan fingerprint density at radius 2 is 1.31 bits per heavy atom. The highest BCUT2D eigenvalue weighted by atomic mass is 35.5. The molecular formula is C48H38Cl2N2O6. The van der Waals surface area contributed by atoms with Crippen molar-refractivity contribution >= 4 is 53.1 Å². The Morgan fingerprint density at radius 1 is 0.724 bits per heavy atom. The summed E-state index contributed by atoms with van der Waals surface area (Å²) in [6.07, 6.45) is 16.3. The van der Waals surface area contributed by atoms with Gasteiger partial charge in [0.25, 0.3) is 0 Å². The van der Waals surface area contributed by atoms with Crippen molar-refractivity contribution in [3.63, 3.8) is 0 Å². The largest absolute Gasteiger partial charge is 0.478 e. The lowest BCUT2D eigenvalue weighted by atomic mass is 10.0. The van der Waals surface area contributed by atoms with Crippen LogP contribution in [0.15, 0.2) is 166 Å². The molecular weight excluding hydrogens is 771 g/mol. The number of halogens is 2. The fourth-order valence-electron chi connectivity index (χ4n) is 7.42. The third kappa shape index (κ3) is 9.61.